The van der Waals surface area contributed by atoms with Gasteiger partial charge in [0, 0.05) is 22.8 Å². The number of rotatable bonds is 4. The SMILES string of the molecule is Cc1c(Br)cccc1-c1nc2c(=N)n(CCC(=O)O)cc(I)c2o1. The molecule has 1 aromatic carbocycles. The lowest BCUT2D eigenvalue weighted by molar-refractivity contribution is -0.137. The molecule has 0 fully saturated rings. The zero-order chi connectivity index (χ0) is 17.4. The molecule has 0 radical (unpaired) electrons. The first-order chi connectivity index (χ1) is 11.4. The summed E-state index contributed by atoms with van der Waals surface area (Å²) in [5.41, 5.74) is 2.98. The quantitative estimate of drug-likeness (QED) is 0.530. The Morgan fingerprint density at radius 2 is 2.25 bits per heavy atom. The molecule has 6 nitrogen and oxygen atoms in total. The van der Waals surface area contributed by atoms with Gasteiger partial charge >= 0.3 is 5.97 Å². The van der Waals surface area contributed by atoms with Gasteiger partial charge < -0.3 is 14.1 Å². The third kappa shape index (κ3) is 3.12. The van der Waals surface area contributed by atoms with Crippen molar-refractivity contribution in [3.05, 3.63) is 43.5 Å². The molecule has 2 heterocycles. The number of hydrogen-bond acceptors (Lipinski definition) is 4. The minimum atomic E-state index is -0.900. The summed E-state index contributed by atoms with van der Waals surface area (Å²) in [6, 6.07) is 5.77. The zero-order valence-corrected chi connectivity index (χ0v) is 16.4. The first-order valence-electron chi connectivity index (χ1n) is 7.10. The van der Waals surface area contributed by atoms with Gasteiger partial charge in [0.25, 0.3) is 0 Å². The highest BCUT2D eigenvalue weighted by atomic mass is 127. The van der Waals surface area contributed by atoms with Crippen LogP contribution in [0.2, 0.25) is 0 Å². The molecule has 24 heavy (non-hydrogen) atoms. The van der Waals surface area contributed by atoms with Crippen molar-refractivity contribution < 1.29 is 14.3 Å². The minimum Gasteiger partial charge on any atom is -0.481 e. The number of aromatic nitrogens is 2. The van der Waals surface area contributed by atoms with E-state index in [4.69, 9.17) is 14.9 Å². The van der Waals surface area contributed by atoms with Crippen molar-refractivity contribution in [2.75, 3.05) is 0 Å². The number of benzene rings is 1. The third-order valence-corrected chi connectivity index (χ3v) is 5.32. The lowest BCUT2D eigenvalue weighted by Gasteiger charge is -2.05. The Morgan fingerprint density at radius 3 is 2.96 bits per heavy atom. The normalized spacial score (nSPS) is 11.1. The Kier molecular flexibility index (Phi) is 4.77. The van der Waals surface area contributed by atoms with Crippen LogP contribution in [-0.2, 0) is 11.3 Å². The van der Waals surface area contributed by atoms with E-state index >= 15 is 0 Å². The highest BCUT2D eigenvalue weighted by Gasteiger charge is 2.16. The zero-order valence-electron chi connectivity index (χ0n) is 12.6. The van der Waals surface area contributed by atoms with Crippen molar-refractivity contribution in [3.8, 4) is 11.5 Å². The lowest BCUT2D eigenvalue weighted by Crippen LogP contribution is -2.22. The minimum absolute atomic E-state index is 0.0480. The Bertz CT molecular complexity index is 1010. The molecule has 124 valence electrons. The maximum Gasteiger partial charge on any atom is 0.305 e. The number of carbonyl (C=O) groups is 1. The third-order valence-electron chi connectivity index (χ3n) is 3.69. The number of oxazole rings is 1. The Labute approximate surface area is 159 Å². The van der Waals surface area contributed by atoms with Gasteiger partial charge in [-0.05, 0) is 47.2 Å². The molecule has 0 atom stereocenters. The van der Waals surface area contributed by atoms with Crippen LogP contribution in [0.4, 0.5) is 0 Å². The topological polar surface area (TPSA) is 92.1 Å². The Hall–Kier alpha value is -1.68. The summed E-state index contributed by atoms with van der Waals surface area (Å²) < 4.78 is 9.22. The maximum atomic E-state index is 10.8. The molecule has 0 aliphatic heterocycles. The van der Waals surface area contributed by atoms with E-state index in [0.717, 1.165) is 19.2 Å². The summed E-state index contributed by atoms with van der Waals surface area (Å²) in [6.07, 6.45) is 1.67. The van der Waals surface area contributed by atoms with E-state index in [1.807, 2.05) is 25.1 Å². The molecule has 0 aliphatic carbocycles. The van der Waals surface area contributed by atoms with E-state index in [1.54, 1.807) is 10.8 Å². The molecule has 3 aromatic rings. The van der Waals surface area contributed by atoms with Crippen molar-refractivity contribution in [2.45, 2.75) is 19.9 Å². The van der Waals surface area contributed by atoms with E-state index in [1.165, 1.54) is 0 Å². The van der Waals surface area contributed by atoms with E-state index in [-0.39, 0.29) is 18.5 Å². The number of nitrogens with zero attached hydrogens (tertiary/aromatic N) is 2. The Morgan fingerprint density at radius 1 is 1.50 bits per heavy atom. The van der Waals surface area contributed by atoms with Gasteiger partial charge in [0.15, 0.2) is 16.6 Å². The van der Waals surface area contributed by atoms with Gasteiger partial charge in [0.05, 0.1) is 9.99 Å². The van der Waals surface area contributed by atoms with Crippen LogP contribution in [0.3, 0.4) is 0 Å². The molecule has 0 aliphatic rings. The van der Waals surface area contributed by atoms with Gasteiger partial charge in [0.1, 0.15) is 0 Å². The highest BCUT2D eigenvalue weighted by Crippen LogP contribution is 2.30. The van der Waals surface area contributed by atoms with Crippen LogP contribution in [0.5, 0.6) is 0 Å². The van der Waals surface area contributed by atoms with E-state index in [2.05, 4.69) is 43.5 Å². The number of carboxylic acids is 1. The molecule has 0 unspecified atom stereocenters. The van der Waals surface area contributed by atoms with Gasteiger partial charge in [-0.25, -0.2) is 4.98 Å². The van der Waals surface area contributed by atoms with Crippen LogP contribution in [0, 0.1) is 15.9 Å². The molecule has 8 heteroatoms. The van der Waals surface area contributed by atoms with E-state index in [9.17, 15) is 4.79 Å². The van der Waals surface area contributed by atoms with Crippen molar-refractivity contribution >= 4 is 55.6 Å². The number of carboxylic acid groups (broad SMARTS) is 1. The van der Waals surface area contributed by atoms with E-state index < -0.39 is 5.97 Å². The molecular formula is C16H13BrIN3O3. The van der Waals surface area contributed by atoms with Crippen molar-refractivity contribution in [1.82, 2.24) is 9.55 Å². The average Bonchev–Trinajstić information content (AvgIpc) is 2.98. The van der Waals surface area contributed by atoms with Gasteiger partial charge in [-0.1, -0.05) is 22.0 Å². The fourth-order valence-electron chi connectivity index (χ4n) is 2.39. The fraction of sp³-hybridized carbons (Fsp3) is 0.188. The van der Waals surface area contributed by atoms with Gasteiger partial charge in [-0.2, -0.15) is 0 Å². The predicted molar refractivity (Wildman–Crippen MR) is 101 cm³/mol. The molecule has 0 bridgehead atoms. The number of aryl methyl sites for hydroxylation is 1. The number of nitrogens with one attached hydrogen (secondary N) is 1. The second-order valence-corrected chi connectivity index (χ2v) is 7.29. The number of halogens is 2. The first-order valence-corrected chi connectivity index (χ1v) is 8.97. The van der Waals surface area contributed by atoms with Crippen LogP contribution in [0.1, 0.15) is 12.0 Å². The standard InChI is InChI=1S/C16H13BrIN3O3/c1-8-9(3-2-4-10(8)17)16-20-13-14(24-16)11(18)7-21(15(13)19)6-5-12(22)23/h2-4,7,19H,5-6H2,1H3,(H,22,23). The lowest BCUT2D eigenvalue weighted by atomic mass is 10.1. The molecule has 3 rings (SSSR count). The molecule has 2 N–H and O–H groups in total. The summed E-state index contributed by atoms with van der Waals surface area (Å²) >= 11 is 5.61. The largest absolute Gasteiger partial charge is 0.481 e. The number of aliphatic carboxylic acids is 1. The molecule has 0 saturated heterocycles. The van der Waals surface area contributed by atoms with Crippen molar-refractivity contribution in [1.29, 1.82) is 5.41 Å². The average molecular weight is 502 g/mol. The van der Waals surface area contributed by atoms with E-state index in [0.29, 0.717) is 17.0 Å². The molecule has 0 spiro atoms. The monoisotopic (exact) mass is 501 g/mol. The van der Waals surface area contributed by atoms with Gasteiger partial charge in [-0.3, -0.25) is 10.2 Å². The van der Waals surface area contributed by atoms with Gasteiger partial charge in [0.2, 0.25) is 5.89 Å². The summed E-state index contributed by atoms with van der Waals surface area (Å²) in [4.78, 5) is 15.3. The summed E-state index contributed by atoms with van der Waals surface area (Å²) in [6.45, 7) is 2.19. The summed E-state index contributed by atoms with van der Waals surface area (Å²) in [5.74, 6) is -0.450. The molecule has 0 amide bonds. The maximum absolute atomic E-state index is 10.8. The van der Waals surface area contributed by atoms with Crippen LogP contribution in [0.15, 0.2) is 33.3 Å². The predicted octanol–water partition coefficient (Wildman–Crippen LogP) is 3.93. The second kappa shape index (κ2) is 6.67. The van der Waals surface area contributed by atoms with Crippen molar-refractivity contribution in [3.63, 3.8) is 0 Å². The van der Waals surface area contributed by atoms with Gasteiger partial charge in [-0.15, -0.1) is 0 Å². The summed E-state index contributed by atoms with van der Waals surface area (Å²) in [5, 5.41) is 17.1. The molecule has 2 aromatic heterocycles. The first kappa shape index (κ1) is 17.2. The fourth-order valence-corrected chi connectivity index (χ4v) is 3.45. The van der Waals surface area contributed by atoms with Crippen LogP contribution < -0.4 is 5.49 Å². The van der Waals surface area contributed by atoms with Crippen LogP contribution in [0.25, 0.3) is 22.6 Å². The smallest absolute Gasteiger partial charge is 0.305 e. The second-order valence-electron chi connectivity index (χ2n) is 5.27. The highest BCUT2D eigenvalue weighted by molar-refractivity contribution is 14.1. The molecular weight excluding hydrogens is 489 g/mol. The molecule has 0 saturated carbocycles. The van der Waals surface area contributed by atoms with Crippen molar-refractivity contribution in [2.24, 2.45) is 0 Å². The Balaban J connectivity index is 2.16. The number of pyridine rings is 1. The number of hydrogen-bond donors (Lipinski definition) is 2. The number of fused-ring (bicyclic) bond motifs is 1. The van der Waals surface area contributed by atoms with Crippen LogP contribution in [-0.4, -0.2) is 20.6 Å². The summed E-state index contributed by atoms with van der Waals surface area (Å²) in [7, 11) is 0. The van der Waals surface area contributed by atoms with Crippen LogP contribution >= 0.6 is 38.5 Å².